The summed E-state index contributed by atoms with van der Waals surface area (Å²) in [6.07, 6.45) is 23.9. The van der Waals surface area contributed by atoms with Gasteiger partial charge in [-0.3, -0.25) is 0 Å². The third-order valence-electron chi connectivity index (χ3n) is 6.28. The van der Waals surface area contributed by atoms with Crippen LogP contribution in [0, 0.1) is 0 Å². The van der Waals surface area contributed by atoms with Gasteiger partial charge in [-0.15, -0.1) is 11.6 Å². The van der Waals surface area contributed by atoms with E-state index < -0.39 is 4.87 Å². The van der Waals surface area contributed by atoms with Crippen molar-refractivity contribution in [1.29, 1.82) is 0 Å². The van der Waals surface area contributed by atoms with Gasteiger partial charge < -0.3 is 0 Å². The fraction of sp³-hybridized carbons (Fsp3) is 0.500. The normalized spacial score (nSPS) is 20.3. The van der Waals surface area contributed by atoms with Crippen LogP contribution in [0.15, 0.2) is 61.0 Å². The lowest BCUT2D eigenvalue weighted by molar-refractivity contribution is 0.565. The third kappa shape index (κ3) is 7.04. The summed E-state index contributed by atoms with van der Waals surface area (Å²) in [4.78, 5) is 8.80. The lowest BCUT2D eigenvalue weighted by Gasteiger charge is -2.33. The van der Waals surface area contributed by atoms with Gasteiger partial charge in [0.1, 0.15) is 5.82 Å². The van der Waals surface area contributed by atoms with Gasteiger partial charge in [0.15, 0.2) is 0 Å². The fourth-order valence-electron chi connectivity index (χ4n) is 4.26. The molecule has 0 amide bonds. The van der Waals surface area contributed by atoms with Gasteiger partial charge in [-0.1, -0.05) is 88.1 Å². The zero-order valence-corrected chi connectivity index (χ0v) is 20.0. The molecule has 1 heterocycles. The molecule has 0 aliphatic heterocycles. The van der Waals surface area contributed by atoms with Gasteiger partial charge in [-0.05, 0) is 48.8 Å². The number of allylic oxidation sites excluding steroid dienone is 4. The molecule has 1 aliphatic rings. The Morgan fingerprint density at radius 2 is 1.42 bits per heavy atom. The van der Waals surface area contributed by atoms with Crippen LogP contribution in [0.4, 0.5) is 0 Å². The van der Waals surface area contributed by atoms with E-state index in [0.29, 0.717) is 0 Å². The molecule has 2 aromatic rings. The molecule has 1 aromatic carbocycles. The van der Waals surface area contributed by atoms with Crippen molar-refractivity contribution in [1.82, 2.24) is 9.97 Å². The number of hydrogen-bond acceptors (Lipinski definition) is 2. The number of unbranched alkanes of at least 4 members (excludes halogenated alkanes) is 4. The van der Waals surface area contributed by atoms with Crippen molar-refractivity contribution in [2.75, 3.05) is 0 Å². The van der Waals surface area contributed by atoms with Crippen molar-refractivity contribution < 1.29 is 0 Å². The molecular formula is C28H37ClN2. The Bertz CT molecular complexity index is 838. The molecule has 31 heavy (non-hydrogen) atoms. The highest BCUT2D eigenvalue weighted by molar-refractivity contribution is 6.26. The third-order valence-corrected chi connectivity index (χ3v) is 6.83. The lowest BCUT2D eigenvalue weighted by Crippen LogP contribution is -2.29. The van der Waals surface area contributed by atoms with Crippen molar-refractivity contribution in [2.24, 2.45) is 0 Å². The highest BCUT2D eigenvalue weighted by atomic mass is 35.5. The minimum absolute atomic E-state index is 0.0946. The molecule has 1 aromatic heterocycles. The number of halogens is 1. The first-order valence-electron chi connectivity index (χ1n) is 12.1. The van der Waals surface area contributed by atoms with Gasteiger partial charge in [0.25, 0.3) is 0 Å². The van der Waals surface area contributed by atoms with Crippen molar-refractivity contribution in [3.8, 4) is 0 Å². The number of alkyl halides is 1. The van der Waals surface area contributed by atoms with Gasteiger partial charge in [-0.25, -0.2) is 9.97 Å². The van der Waals surface area contributed by atoms with Crippen LogP contribution in [0.2, 0.25) is 0 Å². The summed E-state index contributed by atoms with van der Waals surface area (Å²) < 4.78 is 0. The molecule has 2 nitrogen and oxygen atoms in total. The van der Waals surface area contributed by atoms with Crippen LogP contribution in [0.1, 0.15) is 87.2 Å². The number of aryl methyl sites for hydroxylation is 3. The molecule has 1 aliphatic carbocycles. The summed E-state index contributed by atoms with van der Waals surface area (Å²) in [6, 6.07) is 9.11. The monoisotopic (exact) mass is 436 g/mol. The number of benzene rings is 1. The van der Waals surface area contributed by atoms with Crippen molar-refractivity contribution >= 4 is 11.6 Å². The maximum absolute atomic E-state index is 7.19. The first kappa shape index (κ1) is 23.7. The van der Waals surface area contributed by atoms with E-state index in [0.717, 1.165) is 37.1 Å². The molecule has 2 unspecified atom stereocenters. The van der Waals surface area contributed by atoms with E-state index in [1.165, 1.54) is 49.7 Å². The van der Waals surface area contributed by atoms with Gasteiger partial charge in [0.2, 0.25) is 0 Å². The number of hydrogen-bond donors (Lipinski definition) is 0. The number of rotatable bonds is 12. The van der Waals surface area contributed by atoms with Gasteiger partial charge in [0.05, 0.1) is 4.87 Å². The molecular weight excluding hydrogens is 400 g/mol. The van der Waals surface area contributed by atoms with Crippen molar-refractivity contribution in [2.45, 2.75) is 88.8 Å². The van der Waals surface area contributed by atoms with E-state index in [4.69, 9.17) is 11.6 Å². The molecule has 0 bridgehead atoms. The summed E-state index contributed by atoms with van der Waals surface area (Å²) in [5.74, 6) is 1.03. The van der Waals surface area contributed by atoms with Gasteiger partial charge >= 0.3 is 0 Å². The number of nitrogens with zero attached hydrogens (tertiary/aromatic N) is 2. The van der Waals surface area contributed by atoms with Crippen LogP contribution in [-0.2, 0) is 19.3 Å². The molecule has 2 atom stereocenters. The van der Waals surface area contributed by atoms with E-state index in [9.17, 15) is 0 Å². The minimum Gasteiger partial charge on any atom is -0.241 e. The van der Waals surface area contributed by atoms with Gasteiger partial charge in [-0.2, -0.15) is 0 Å². The molecule has 0 N–H and O–H groups in total. The Kier molecular flexibility index (Phi) is 9.33. The second-order valence-corrected chi connectivity index (χ2v) is 9.52. The highest BCUT2D eigenvalue weighted by Crippen LogP contribution is 2.42. The topological polar surface area (TPSA) is 25.8 Å². The van der Waals surface area contributed by atoms with E-state index in [1.54, 1.807) is 0 Å². The molecule has 0 saturated heterocycles. The summed E-state index contributed by atoms with van der Waals surface area (Å²) in [6.45, 7) is 4.47. The average molecular weight is 437 g/mol. The minimum atomic E-state index is -0.443. The van der Waals surface area contributed by atoms with Crippen molar-refractivity contribution in [3.63, 3.8) is 0 Å². The van der Waals surface area contributed by atoms with Crippen LogP contribution in [0.3, 0.4) is 0 Å². The van der Waals surface area contributed by atoms with E-state index in [1.807, 2.05) is 12.4 Å². The maximum Gasteiger partial charge on any atom is 0.128 e. The SMILES string of the molecule is CCCCCc1ccc(CCC2(Cl)C=CC=CC2c2cnc(CCCCC)nc2)cc1. The standard InChI is InChI=1S/C28H37ClN2/c1-3-5-7-11-23-14-16-24(17-15-23)18-20-28(29)19-10-9-12-26(28)25-21-30-27(31-22-25)13-8-6-4-2/h9-10,12,14-17,19,21-22,26H,3-8,11,13,18,20H2,1-2H3. The Morgan fingerprint density at radius 1 is 0.806 bits per heavy atom. The zero-order valence-electron chi connectivity index (χ0n) is 19.2. The highest BCUT2D eigenvalue weighted by Gasteiger charge is 2.35. The molecule has 3 heteroatoms. The predicted molar refractivity (Wildman–Crippen MR) is 133 cm³/mol. The molecule has 0 saturated carbocycles. The van der Waals surface area contributed by atoms with E-state index in [-0.39, 0.29) is 5.92 Å². The Morgan fingerprint density at radius 3 is 2.06 bits per heavy atom. The quantitative estimate of drug-likeness (QED) is 0.251. The number of aromatic nitrogens is 2. The van der Waals surface area contributed by atoms with Crippen LogP contribution < -0.4 is 0 Å². The Labute approximate surface area is 193 Å². The van der Waals surface area contributed by atoms with Crippen LogP contribution in [0.25, 0.3) is 0 Å². The Balaban J connectivity index is 1.61. The summed E-state index contributed by atoms with van der Waals surface area (Å²) in [5, 5.41) is 0. The molecule has 0 radical (unpaired) electrons. The largest absolute Gasteiger partial charge is 0.241 e. The maximum atomic E-state index is 7.19. The molecule has 166 valence electrons. The van der Waals surface area contributed by atoms with Crippen LogP contribution in [0.5, 0.6) is 0 Å². The molecule has 3 rings (SSSR count). The fourth-order valence-corrected chi connectivity index (χ4v) is 4.62. The average Bonchev–Trinajstić information content (AvgIpc) is 2.80. The van der Waals surface area contributed by atoms with Crippen LogP contribution in [-0.4, -0.2) is 14.8 Å². The molecule has 0 spiro atoms. The first-order valence-corrected chi connectivity index (χ1v) is 12.5. The first-order chi connectivity index (χ1) is 15.1. The summed E-state index contributed by atoms with van der Waals surface area (Å²) in [5.41, 5.74) is 3.89. The second-order valence-electron chi connectivity index (χ2n) is 8.81. The van der Waals surface area contributed by atoms with Crippen LogP contribution >= 0.6 is 11.6 Å². The second kappa shape index (κ2) is 12.2. The van der Waals surface area contributed by atoms with Crippen molar-refractivity contribution in [3.05, 3.63) is 83.5 Å². The lowest BCUT2D eigenvalue weighted by atomic mass is 9.80. The summed E-state index contributed by atoms with van der Waals surface area (Å²) >= 11 is 7.19. The zero-order chi connectivity index (χ0) is 21.9. The predicted octanol–water partition coefficient (Wildman–Crippen LogP) is 7.76. The van der Waals surface area contributed by atoms with E-state index in [2.05, 4.69) is 72.4 Å². The smallest absolute Gasteiger partial charge is 0.128 e. The summed E-state index contributed by atoms with van der Waals surface area (Å²) in [7, 11) is 0. The Hall–Kier alpha value is -1.93. The molecule has 0 fully saturated rings. The van der Waals surface area contributed by atoms with E-state index >= 15 is 0 Å². The van der Waals surface area contributed by atoms with Gasteiger partial charge in [0, 0.05) is 24.7 Å².